The van der Waals surface area contributed by atoms with E-state index in [1.54, 1.807) is 31.4 Å². The molecule has 28 heavy (non-hydrogen) atoms. The highest BCUT2D eigenvalue weighted by Gasteiger charge is 2.34. The van der Waals surface area contributed by atoms with E-state index in [1.807, 2.05) is 28.0 Å². The minimum absolute atomic E-state index is 0.00510. The smallest absolute Gasteiger partial charge is 0.224 e. The molecule has 0 aromatic heterocycles. The molecule has 1 fully saturated rings. The third-order valence-corrected chi connectivity index (χ3v) is 5.62. The zero-order valence-electron chi connectivity index (χ0n) is 15.9. The average Bonchev–Trinajstić information content (AvgIpc) is 3.53. The summed E-state index contributed by atoms with van der Waals surface area (Å²) in [6, 6.07) is 13.1. The average molecular weight is 399 g/mol. The molecular weight excluding hydrogens is 376 g/mol. The van der Waals surface area contributed by atoms with E-state index in [-0.39, 0.29) is 18.2 Å². The van der Waals surface area contributed by atoms with Gasteiger partial charge in [0.05, 0.1) is 13.7 Å². The Labute approximate surface area is 169 Å². The van der Waals surface area contributed by atoms with Crippen molar-refractivity contribution in [3.05, 3.63) is 58.6 Å². The van der Waals surface area contributed by atoms with Gasteiger partial charge in [0, 0.05) is 41.8 Å². The molecule has 2 aromatic carbocycles. The van der Waals surface area contributed by atoms with E-state index in [4.69, 9.17) is 16.3 Å². The summed E-state index contributed by atoms with van der Waals surface area (Å²) in [5.74, 6) is 0.914. The molecule has 0 radical (unpaired) electrons. The molecule has 1 heterocycles. The van der Waals surface area contributed by atoms with E-state index >= 15 is 0 Å². The van der Waals surface area contributed by atoms with Crippen LogP contribution in [0.4, 0.5) is 5.69 Å². The van der Waals surface area contributed by atoms with Crippen molar-refractivity contribution in [2.24, 2.45) is 0 Å². The first kappa shape index (κ1) is 18.8. The largest absolute Gasteiger partial charge is 0.497 e. The number of nitrogens with zero attached hydrogens (tertiary/aromatic N) is 2. The Morgan fingerprint density at radius 3 is 2.61 bits per heavy atom. The minimum Gasteiger partial charge on any atom is -0.497 e. The molecule has 4 rings (SSSR count). The van der Waals surface area contributed by atoms with E-state index in [1.165, 1.54) is 0 Å². The number of ether oxygens (including phenoxy) is 1. The summed E-state index contributed by atoms with van der Waals surface area (Å²) in [6.45, 7) is 1.29. The van der Waals surface area contributed by atoms with Gasteiger partial charge in [0.1, 0.15) is 5.75 Å². The van der Waals surface area contributed by atoms with Gasteiger partial charge >= 0.3 is 0 Å². The van der Waals surface area contributed by atoms with Gasteiger partial charge < -0.3 is 14.5 Å². The fourth-order valence-corrected chi connectivity index (χ4v) is 3.80. The standard InChI is InChI=1S/C22H23ClN2O3/c1-28-19-8-9-20-16(12-19)13-25(18-6-7-18)22(27)10-11-24(20)14-21(26)15-2-4-17(23)5-3-15/h2-5,8-9,12,18H,6-7,10-11,13-14H2,1H3. The first-order chi connectivity index (χ1) is 13.5. The fraction of sp³-hybridized carbons (Fsp3) is 0.364. The maximum Gasteiger partial charge on any atom is 0.224 e. The first-order valence-corrected chi connectivity index (χ1v) is 9.93. The molecule has 146 valence electrons. The van der Waals surface area contributed by atoms with Gasteiger partial charge in [-0.1, -0.05) is 11.6 Å². The monoisotopic (exact) mass is 398 g/mol. The van der Waals surface area contributed by atoms with Crippen molar-refractivity contribution in [2.75, 3.05) is 25.1 Å². The Hall–Kier alpha value is -2.53. The number of rotatable bonds is 5. The molecule has 1 aliphatic heterocycles. The van der Waals surface area contributed by atoms with Gasteiger partial charge in [-0.25, -0.2) is 0 Å². The van der Waals surface area contributed by atoms with Crippen LogP contribution in [0.15, 0.2) is 42.5 Å². The summed E-state index contributed by atoms with van der Waals surface area (Å²) >= 11 is 5.93. The Balaban J connectivity index is 1.63. The number of hydrogen-bond acceptors (Lipinski definition) is 4. The van der Waals surface area contributed by atoms with Crippen LogP contribution in [0.1, 0.15) is 35.2 Å². The van der Waals surface area contributed by atoms with Crippen LogP contribution in [0.5, 0.6) is 5.75 Å². The molecule has 1 aliphatic carbocycles. The lowest BCUT2D eigenvalue weighted by Gasteiger charge is -2.33. The van der Waals surface area contributed by atoms with E-state index in [0.717, 1.165) is 29.8 Å². The normalized spacial score (nSPS) is 17.0. The number of Topliss-reactive ketones (excluding diaryl/α,β-unsaturated/α-hetero) is 1. The number of ketones is 1. The summed E-state index contributed by atoms with van der Waals surface area (Å²) in [6.07, 6.45) is 2.56. The van der Waals surface area contributed by atoms with Crippen LogP contribution in [0.2, 0.25) is 5.02 Å². The predicted octanol–water partition coefficient (Wildman–Crippen LogP) is 3.93. The van der Waals surface area contributed by atoms with Gasteiger partial charge in [-0.3, -0.25) is 9.59 Å². The van der Waals surface area contributed by atoms with Crippen molar-refractivity contribution in [1.29, 1.82) is 0 Å². The van der Waals surface area contributed by atoms with Crippen molar-refractivity contribution in [1.82, 2.24) is 4.90 Å². The molecule has 0 unspecified atom stereocenters. The Kier molecular flexibility index (Phi) is 5.27. The maximum atomic E-state index is 12.8. The van der Waals surface area contributed by atoms with E-state index in [9.17, 15) is 9.59 Å². The number of methoxy groups -OCH3 is 1. The van der Waals surface area contributed by atoms with Gasteiger partial charge in [0.15, 0.2) is 5.78 Å². The summed E-state index contributed by atoms with van der Waals surface area (Å²) in [5.41, 5.74) is 2.62. The summed E-state index contributed by atoms with van der Waals surface area (Å²) < 4.78 is 5.39. The number of halogens is 1. The molecule has 0 atom stereocenters. The number of benzene rings is 2. The highest BCUT2D eigenvalue weighted by Crippen LogP contribution is 2.34. The molecule has 6 heteroatoms. The van der Waals surface area contributed by atoms with Crippen LogP contribution >= 0.6 is 11.6 Å². The molecule has 1 saturated carbocycles. The molecule has 0 bridgehead atoms. The molecule has 1 amide bonds. The van der Waals surface area contributed by atoms with Crippen molar-refractivity contribution >= 4 is 29.0 Å². The van der Waals surface area contributed by atoms with Gasteiger partial charge in [-0.15, -0.1) is 0 Å². The number of carbonyl (C=O) groups excluding carboxylic acids is 2. The summed E-state index contributed by atoms with van der Waals surface area (Å²) in [4.78, 5) is 29.5. The van der Waals surface area contributed by atoms with Crippen LogP contribution < -0.4 is 9.64 Å². The second-order valence-electron chi connectivity index (χ2n) is 7.35. The van der Waals surface area contributed by atoms with Gasteiger partial charge in [0.25, 0.3) is 0 Å². The molecule has 2 aromatic rings. The summed E-state index contributed by atoms with van der Waals surface area (Å²) in [5, 5.41) is 0.603. The van der Waals surface area contributed by atoms with Crippen molar-refractivity contribution in [3.8, 4) is 5.75 Å². The number of amides is 1. The predicted molar refractivity (Wildman–Crippen MR) is 109 cm³/mol. The zero-order chi connectivity index (χ0) is 19.7. The topological polar surface area (TPSA) is 49.9 Å². The van der Waals surface area contributed by atoms with Crippen molar-refractivity contribution in [2.45, 2.75) is 31.8 Å². The highest BCUT2D eigenvalue weighted by molar-refractivity contribution is 6.30. The van der Waals surface area contributed by atoms with Crippen molar-refractivity contribution in [3.63, 3.8) is 0 Å². The number of fused-ring (bicyclic) bond motifs is 1. The van der Waals surface area contributed by atoms with Crippen LogP contribution in [0.3, 0.4) is 0 Å². The second kappa shape index (κ2) is 7.84. The fourth-order valence-electron chi connectivity index (χ4n) is 3.67. The Morgan fingerprint density at radius 2 is 1.93 bits per heavy atom. The van der Waals surface area contributed by atoms with Gasteiger partial charge in [-0.2, -0.15) is 0 Å². The van der Waals surface area contributed by atoms with Gasteiger partial charge in [0.2, 0.25) is 5.91 Å². The molecule has 0 spiro atoms. The third kappa shape index (κ3) is 3.99. The van der Waals surface area contributed by atoms with Crippen LogP contribution in [0, 0.1) is 0 Å². The van der Waals surface area contributed by atoms with Gasteiger partial charge in [-0.05, 0) is 60.9 Å². The van der Waals surface area contributed by atoms with E-state index < -0.39 is 0 Å². The lowest BCUT2D eigenvalue weighted by atomic mass is 10.1. The highest BCUT2D eigenvalue weighted by atomic mass is 35.5. The summed E-state index contributed by atoms with van der Waals surface area (Å²) in [7, 11) is 1.64. The number of hydrogen-bond donors (Lipinski definition) is 0. The molecule has 0 saturated heterocycles. The lowest BCUT2D eigenvalue weighted by Crippen LogP contribution is -2.40. The van der Waals surface area contributed by atoms with Crippen LogP contribution in [0.25, 0.3) is 0 Å². The zero-order valence-corrected chi connectivity index (χ0v) is 16.6. The molecule has 5 nitrogen and oxygen atoms in total. The molecule has 2 aliphatic rings. The SMILES string of the molecule is COc1ccc2c(c1)CN(C1CC1)C(=O)CCN2CC(=O)c1ccc(Cl)cc1. The number of carbonyl (C=O) groups is 2. The maximum absolute atomic E-state index is 12.8. The lowest BCUT2D eigenvalue weighted by molar-refractivity contribution is -0.132. The third-order valence-electron chi connectivity index (χ3n) is 5.37. The minimum atomic E-state index is 0.00510. The quantitative estimate of drug-likeness (QED) is 0.716. The van der Waals surface area contributed by atoms with E-state index in [2.05, 4.69) is 0 Å². The molecule has 0 N–H and O–H groups in total. The Bertz CT molecular complexity index is 893. The first-order valence-electron chi connectivity index (χ1n) is 9.55. The number of anilines is 1. The van der Waals surface area contributed by atoms with Crippen molar-refractivity contribution < 1.29 is 14.3 Å². The van der Waals surface area contributed by atoms with Crippen LogP contribution in [-0.2, 0) is 11.3 Å². The second-order valence-corrected chi connectivity index (χ2v) is 7.79. The van der Waals surface area contributed by atoms with E-state index in [0.29, 0.717) is 36.1 Å². The molecular formula is C22H23ClN2O3. The Morgan fingerprint density at radius 1 is 1.18 bits per heavy atom. The van der Waals surface area contributed by atoms with Crippen LogP contribution in [-0.4, -0.2) is 42.8 Å².